The van der Waals surface area contributed by atoms with Crippen LogP contribution in [0, 0.1) is 0 Å². The van der Waals surface area contributed by atoms with Gasteiger partial charge in [-0.1, -0.05) is 455 Å². The van der Waals surface area contributed by atoms with Gasteiger partial charge in [-0.15, -0.1) is 0 Å². The van der Waals surface area contributed by atoms with E-state index < -0.39 is 0 Å². The van der Waals surface area contributed by atoms with Gasteiger partial charge in [-0.3, -0.25) is 0 Å². The van der Waals surface area contributed by atoms with Crippen LogP contribution >= 0.6 is 0 Å². The number of hydrogen-bond donors (Lipinski definition) is 0. The predicted octanol–water partition coefficient (Wildman–Crippen LogP) is 39.6. The molecule has 3 nitrogen and oxygen atoms in total. The summed E-state index contributed by atoms with van der Waals surface area (Å²) in [4.78, 5) is 0. The third kappa shape index (κ3) is 13.1. The van der Waals surface area contributed by atoms with Crippen molar-refractivity contribution in [3.8, 4) is 100 Å². The van der Waals surface area contributed by atoms with Gasteiger partial charge in [0.1, 0.15) is 33.5 Å². The van der Waals surface area contributed by atoms with E-state index in [1.807, 2.05) is 6.07 Å². The molecule has 141 heavy (non-hydrogen) atoms. The zero-order valence-corrected chi connectivity index (χ0v) is 76.7. The van der Waals surface area contributed by atoms with E-state index in [0.29, 0.717) is 0 Å². The van der Waals surface area contributed by atoms with E-state index >= 15 is 0 Å². The van der Waals surface area contributed by atoms with Gasteiger partial charge in [0.15, 0.2) is 0 Å². The number of para-hydroxylation sites is 3. The Labute approximate surface area is 812 Å². The highest BCUT2D eigenvalue weighted by Crippen LogP contribution is 2.55. The zero-order chi connectivity index (χ0) is 92.7. The summed E-state index contributed by atoms with van der Waals surface area (Å²) < 4.78 is 20.0. The molecule has 0 saturated carbocycles. The molecule has 3 heteroatoms. The molecule has 0 saturated heterocycles. The molecule has 0 spiro atoms. The molecular formula is C138H84O3. The Bertz CT molecular complexity index is 10200. The highest BCUT2D eigenvalue weighted by molar-refractivity contribution is 6.33. The molecule has 0 atom stereocenters. The smallest absolute Gasteiger partial charge is 0.143 e. The minimum atomic E-state index is 0.898. The zero-order valence-electron chi connectivity index (χ0n) is 76.7. The fourth-order valence-electron chi connectivity index (χ4n) is 23.5. The Morgan fingerprint density at radius 3 is 0.936 bits per heavy atom. The van der Waals surface area contributed by atoms with Crippen LogP contribution in [0.5, 0.6) is 0 Å². The van der Waals surface area contributed by atoms with E-state index in [1.54, 1.807) is 0 Å². The molecule has 30 aromatic rings. The summed E-state index contributed by atoms with van der Waals surface area (Å²) in [6.45, 7) is 0. The van der Waals surface area contributed by atoms with Crippen molar-refractivity contribution in [1.29, 1.82) is 0 Å². The van der Waals surface area contributed by atoms with Crippen LogP contribution in [0.15, 0.2) is 523 Å². The Morgan fingerprint density at radius 1 is 0.106 bits per heavy atom. The summed E-state index contributed by atoms with van der Waals surface area (Å²) in [5.74, 6) is 0. The van der Waals surface area contributed by atoms with Crippen LogP contribution in [0.2, 0.25) is 0 Å². The lowest BCUT2D eigenvalue weighted by atomic mass is 9.82. The normalized spacial score (nSPS) is 11.8. The molecule has 0 amide bonds. The van der Waals surface area contributed by atoms with Crippen molar-refractivity contribution < 1.29 is 13.3 Å². The van der Waals surface area contributed by atoms with Gasteiger partial charge in [0.25, 0.3) is 0 Å². The summed E-state index contributed by atoms with van der Waals surface area (Å²) in [5.41, 5.74) is 27.2. The lowest BCUT2D eigenvalue weighted by Gasteiger charge is -2.20. The fraction of sp³-hybridized carbons (Fsp3) is 0. The van der Waals surface area contributed by atoms with Crippen LogP contribution in [0.4, 0.5) is 0 Å². The number of fused-ring (bicyclic) bond motifs is 23. The summed E-state index contributed by atoms with van der Waals surface area (Å²) in [6, 6.07) is 184. The van der Waals surface area contributed by atoms with Crippen LogP contribution < -0.4 is 0 Å². The predicted molar refractivity (Wildman–Crippen MR) is 600 cm³/mol. The maximum atomic E-state index is 6.86. The molecule has 3 heterocycles. The highest BCUT2D eigenvalue weighted by atomic mass is 16.3. The number of benzene rings is 27. The first kappa shape index (κ1) is 80.9. The molecule has 0 bridgehead atoms. The van der Waals surface area contributed by atoms with Gasteiger partial charge >= 0.3 is 0 Å². The van der Waals surface area contributed by atoms with Crippen molar-refractivity contribution in [3.63, 3.8) is 0 Å². The molecule has 0 unspecified atom stereocenters. The third-order valence-corrected chi connectivity index (χ3v) is 29.5. The van der Waals surface area contributed by atoms with Gasteiger partial charge in [-0.2, -0.15) is 0 Å². The second kappa shape index (κ2) is 33.2. The molecule has 0 aliphatic heterocycles. The summed E-state index contributed by atoms with van der Waals surface area (Å²) in [5, 5.41) is 36.8. The molecule has 0 fully saturated rings. The molecule has 27 aromatic carbocycles. The van der Waals surface area contributed by atoms with Gasteiger partial charge in [-0.05, 0) is 273 Å². The van der Waals surface area contributed by atoms with Crippen molar-refractivity contribution in [1.82, 2.24) is 0 Å². The molecule has 0 aliphatic carbocycles. The van der Waals surface area contributed by atoms with Crippen LogP contribution in [0.3, 0.4) is 0 Å². The molecule has 0 aliphatic rings. The topological polar surface area (TPSA) is 39.4 Å². The molecule has 3 aromatic heterocycles. The van der Waals surface area contributed by atoms with E-state index in [1.165, 1.54) is 207 Å². The molecule has 654 valence electrons. The van der Waals surface area contributed by atoms with Crippen molar-refractivity contribution in [3.05, 3.63) is 510 Å². The van der Waals surface area contributed by atoms with Crippen LogP contribution in [0.1, 0.15) is 0 Å². The average Bonchev–Trinajstić information content (AvgIpc) is 1.68. The third-order valence-electron chi connectivity index (χ3n) is 29.5. The maximum absolute atomic E-state index is 6.86. The first-order valence-electron chi connectivity index (χ1n) is 48.6. The lowest BCUT2D eigenvalue weighted by Crippen LogP contribution is -1.93. The Hall–Kier alpha value is -18.5. The standard InChI is InChI=1S/2C50H30O.C38H24O/c1-3-17-34-31(14-1)16-13-26-36(34)33-29-45(50-43-25-11-12-27-46(43)51-47(50)30-33)49-41-23-9-7-21-39(41)48(40-22-8-10-24-42(40)49)44-28-32-15-2-4-18-35(32)37-19-5-6-20-38(37)44;1-3-17-33-31(14-1)16-13-26-36(33)42-28-29-44(49-43-25-11-12-27-46(43)51-50(42)49)47-38-21-7-9-23-40(38)48(41-24-10-8-22-39(41)47)45-30-32-15-2-4-18-34(32)35-19-5-6-20-37(35)45;1-3-12-25(13-4-1)28-20-11-21-33-34-24-27(22-23-35(34)39-38(28)33)37-31-18-9-7-16-29(31)36(26-14-5-2-6-15-26)30-17-8-10-19-32(30)37/h2*1-30H;1-24H. The Balaban J connectivity index is 0.000000105. The Morgan fingerprint density at radius 2 is 0.433 bits per heavy atom. The second-order valence-electron chi connectivity index (χ2n) is 37.1. The number of rotatable bonds is 9. The average molecular weight is 1790 g/mol. The van der Waals surface area contributed by atoms with Crippen molar-refractivity contribution in [2.75, 3.05) is 0 Å². The monoisotopic (exact) mass is 1790 g/mol. The SMILES string of the molecule is c1ccc(-c2c3ccccc3c(-c3ccc4oc5c(-c6ccccc6)cccc5c4c3)c3ccccc23)cc1.c1ccc2c(-c3cc(-c4c5ccccc5c(-c5cc6ccccc6c6ccccc56)c5ccccc45)c4c(c3)oc3ccccc34)cccc2c1.c1ccc2c(-c3ccc(-c4c5ccccc5c(-c5cc6ccccc6c6ccccc56)c5ccccc45)c4c3oc3ccccc34)cccc2c1. The van der Waals surface area contributed by atoms with E-state index in [4.69, 9.17) is 13.3 Å². The molecule has 0 N–H and O–H groups in total. The quantitative estimate of drug-likeness (QED) is 0.107. The summed E-state index contributed by atoms with van der Waals surface area (Å²) in [7, 11) is 0. The van der Waals surface area contributed by atoms with E-state index in [9.17, 15) is 0 Å². The van der Waals surface area contributed by atoms with Crippen LogP contribution in [-0.2, 0) is 0 Å². The lowest BCUT2D eigenvalue weighted by molar-refractivity contribution is 0.669. The maximum Gasteiger partial charge on any atom is 0.143 e. The van der Waals surface area contributed by atoms with E-state index in [2.05, 4.69) is 504 Å². The molecule has 30 rings (SSSR count). The number of hydrogen-bond acceptors (Lipinski definition) is 3. The van der Waals surface area contributed by atoms with Crippen molar-refractivity contribution in [2.24, 2.45) is 0 Å². The van der Waals surface area contributed by atoms with Gasteiger partial charge in [0.2, 0.25) is 0 Å². The minimum absolute atomic E-state index is 0.898. The van der Waals surface area contributed by atoms with E-state index in [0.717, 1.165) is 88.1 Å². The first-order chi connectivity index (χ1) is 70.0. The van der Waals surface area contributed by atoms with Crippen molar-refractivity contribution in [2.45, 2.75) is 0 Å². The molecular weight excluding hydrogens is 1710 g/mol. The number of furan rings is 3. The van der Waals surface area contributed by atoms with Gasteiger partial charge in [0, 0.05) is 43.4 Å². The fourth-order valence-corrected chi connectivity index (χ4v) is 23.5. The minimum Gasteiger partial charge on any atom is -0.456 e. The second-order valence-corrected chi connectivity index (χ2v) is 37.1. The summed E-state index contributed by atoms with van der Waals surface area (Å²) in [6.07, 6.45) is 0. The summed E-state index contributed by atoms with van der Waals surface area (Å²) >= 11 is 0. The van der Waals surface area contributed by atoms with Gasteiger partial charge in [0.05, 0.1) is 0 Å². The van der Waals surface area contributed by atoms with Crippen LogP contribution in [0.25, 0.3) is 295 Å². The van der Waals surface area contributed by atoms with Gasteiger partial charge in [-0.25, -0.2) is 0 Å². The Kier molecular flexibility index (Phi) is 19.0. The van der Waals surface area contributed by atoms with Crippen LogP contribution in [-0.4, -0.2) is 0 Å². The van der Waals surface area contributed by atoms with Gasteiger partial charge < -0.3 is 13.3 Å². The van der Waals surface area contributed by atoms with Crippen molar-refractivity contribution >= 4 is 195 Å². The van der Waals surface area contributed by atoms with E-state index in [-0.39, 0.29) is 0 Å². The first-order valence-corrected chi connectivity index (χ1v) is 48.6. The molecule has 0 radical (unpaired) electrons. The largest absolute Gasteiger partial charge is 0.456 e. The highest BCUT2D eigenvalue weighted by Gasteiger charge is 2.29.